The van der Waals surface area contributed by atoms with E-state index < -0.39 is 0 Å². The molecule has 0 N–H and O–H groups in total. The summed E-state index contributed by atoms with van der Waals surface area (Å²) in [6.07, 6.45) is 12.8. The number of benzene rings is 6. The fraction of sp³-hybridized carbons (Fsp3) is 0.0980. The Labute approximate surface area is 310 Å². The van der Waals surface area contributed by atoms with Gasteiger partial charge in [0.2, 0.25) is 0 Å². The first-order valence-electron chi connectivity index (χ1n) is 18.9. The first-order chi connectivity index (χ1) is 26.2. The predicted octanol–water partition coefficient (Wildman–Crippen LogP) is 10.9. The summed E-state index contributed by atoms with van der Waals surface area (Å²) in [6.45, 7) is 2.40. The van der Waals surface area contributed by atoms with Gasteiger partial charge in [-0.1, -0.05) is 146 Å². The summed E-state index contributed by atoms with van der Waals surface area (Å²) in [5, 5.41) is 3.98. The summed E-state index contributed by atoms with van der Waals surface area (Å²) in [6, 6.07) is 55.8. The van der Waals surface area contributed by atoms with Crippen molar-refractivity contribution in [1.82, 2.24) is 4.57 Å². The van der Waals surface area contributed by atoms with Crippen molar-refractivity contribution in [3.63, 3.8) is 0 Å². The molecule has 11 rings (SSSR count). The minimum Gasteiger partial charge on any atom is -0.314 e. The van der Waals surface area contributed by atoms with E-state index in [0.29, 0.717) is 11.8 Å². The highest BCUT2D eigenvalue weighted by molar-refractivity contribution is 5.96. The van der Waals surface area contributed by atoms with Gasteiger partial charge in [-0.25, -0.2) is 0 Å². The maximum Gasteiger partial charge on any atom is 0.0537 e. The number of aromatic nitrogens is 1. The standard InChI is InChI=1S/C51H38N2/c1-33-29-49-44(42-23-11-13-26-47(42)53(49)46-25-12-10-21-39(46)34-15-4-2-5-16-34)32-48(33)52(37-19-6-3-7-20-37)38-27-28-41-43-24-14-18-36-30-35-17-8-9-22-40(35)51(50(36)43)45(41)31-38/h2-28,30-33,43,50H,29H2,1H3. The molecule has 53 heavy (non-hydrogen) atoms. The maximum absolute atomic E-state index is 2.54. The zero-order valence-electron chi connectivity index (χ0n) is 29.7. The first-order valence-corrected chi connectivity index (χ1v) is 18.9. The van der Waals surface area contributed by atoms with Crippen LogP contribution in [0, 0.1) is 11.8 Å². The Morgan fingerprint density at radius 3 is 2.30 bits per heavy atom. The third-order valence-electron chi connectivity index (χ3n) is 12.0. The normalized spacial score (nSPS) is 19.0. The molecule has 252 valence electrons. The highest BCUT2D eigenvalue weighted by atomic mass is 15.2. The maximum atomic E-state index is 2.54. The number of fused-ring (bicyclic) bond motifs is 7. The zero-order valence-corrected chi connectivity index (χ0v) is 29.7. The molecule has 0 amide bonds. The van der Waals surface area contributed by atoms with Crippen molar-refractivity contribution >= 4 is 40.0 Å². The van der Waals surface area contributed by atoms with Crippen LogP contribution < -0.4 is 15.3 Å². The van der Waals surface area contributed by atoms with E-state index >= 15 is 0 Å². The molecule has 0 radical (unpaired) electrons. The van der Waals surface area contributed by atoms with Crippen molar-refractivity contribution in [3.8, 4) is 16.8 Å². The quantitative estimate of drug-likeness (QED) is 0.176. The minimum absolute atomic E-state index is 0.264. The first kappa shape index (κ1) is 30.3. The second-order valence-electron chi connectivity index (χ2n) is 14.9. The van der Waals surface area contributed by atoms with Gasteiger partial charge in [0.15, 0.2) is 0 Å². The molecule has 2 nitrogen and oxygen atoms in total. The molecule has 0 aliphatic heterocycles. The monoisotopic (exact) mass is 678 g/mol. The lowest BCUT2D eigenvalue weighted by atomic mass is 9.77. The molecule has 2 heteroatoms. The fourth-order valence-electron chi connectivity index (χ4n) is 9.69. The Kier molecular flexibility index (Phi) is 6.76. The molecule has 7 aromatic rings. The van der Waals surface area contributed by atoms with E-state index in [9.17, 15) is 0 Å². The lowest BCUT2D eigenvalue weighted by molar-refractivity contribution is 0.638. The van der Waals surface area contributed by atoms with Gasteiger partial charge >= 0.3 is 0 Å². The minimum atomic E-state index is 0.264. The molecule has 6 aromatic carbocycles. The summed E-state index contributed by atoms with van der Waals surface area (Å²) in [5.74, 6) is 0.996. The van der Waals surface area contributed by atoms with Crippen LogP contribution in [0.3, 0.4) is 0 Å². The Hall–Kier alpha value is -6.38. The molecule has 4 aliphatic rings. The van der Waals surface area contributed by atoms with Crippen LogP contribution in [0.15, 0.2) is 181 Å². The number of hydrogen-bond donors (Lipinski definition) is 0. The second-order valence-corrected chi connectivity index (χ2v) is 14.9. The van der Waals surface area contributed by atoms with Gasteiger partial charge in [0.1, 0.15) is 0 Å². The molecule has 0 bridgehead atoms. The van der Waals surface area contributed by atoms with Gasteiger partial charge in [0, 0.05) is 57.0 Å². The van der Waals surface area contributed by atoms with Crippen LogP contribution in [0.2, 0.25) is 0 Å². The van der Waals surface area contributed by atoms with E-state index in [1.807, 2.05) is 0 Å². The van der Waals surface area contributed by atoms with Crippen molar-refractivity contribution in [2.45, 2.75) is 19.3 Å². The molecule has 0 saturated heterocycles. The van der Waals surface area contributed by atoms with Crippen molar-refractivity contribution in [1.29, 1.82) is 0 Å². The van der Waals surface area contributed by atoms with Crippen LogP contribution in [0.4, 0.5) is 11.4 Å². The third-order valence-corrected chi connectivity index (χ3v) is 12.0. The summed E-state index contributed by atoms with van der Waals surface area (Å²) in [5.41, 5.74) is 17.1. The molecule has 4 aliphatic carbocycles. The molecule has 1 heterocycles. The summed E-state index contributed by atoms with van der Waals surface area (Å²) < 4.78 is 2.54. The summed E-state index contributed by atoms with van der Waals surface area (Å²) in [4.78, 5) is 2.54. The fourth-order valence-corrected chi connectivity index (χ4v) is 9.69. The summed E-state index contributed by atoms with van der Waals surface area (Å²) in [7, 11) is 0. The van der Waals surface area contributed by atoms with Crippen LogP contribution in [0.5, 0.6) is 0 Å². The topological polar surface area (TPSA) is 8.17 Å². The Morgan fingerprint density at radius 1 is 0.660 bits per heavy atom. The van der Waals surface area contributed by atoms with Crippen LogP contribution in [0.1, 0.15) is 35.2 Å². The van der Waals surface area contributed by atoms with Crippen LogP contribution in [-0.2, 0) is 6.42 Å². The molecule has 3 unspecified atom stereocenters. The SMILES string of the molecule is CC1Cc2c(c3ccccc3n2-c2ccccc2-c2ccccc2)C=C1N(c1ccccc1)c1ccc2c(c1)C1=c3ccccc3=CC3=CC=CC2C31. The van der Waals surface area contributed by atoms with Gasteiger partial charge in [-0.15, -0.1) is 0 Å². The smallest absolute Gasteiger partial charge is 0.0537 e. The number of nitrogens with zero attached hydrogens (tertiary/aromatic N) is 2. The largest absolute Gasteiger partial charge is 0.314 e. The van der Waals surface area contributed by atoms with Gasteiger partial charge in [-0.05, 0) is 87.2 Å². The molecule has 1 aromatic heterocycles. The highest BCUT2D eigenvalue weighted by Crippen LogP contribution is 2.53. The van der Waals surface area contributed by atoms with Gasteiger partial charge < -0.3 is 9.47 Å². The molecule has 0 saturated carbocycles. The van der Waals surface area contributed by atoms with Crippen molar-refractivity contribution in [3.05, 3.63) is 214 Å². The average molecular weight is 679 g/mol. The third kappa shape index (κ3) is 4.58. The number of hydrogen-bond acceptors (Lipinski definition) is 1. The number of para-hydroxylation sites is 3. The van der Waals surface area contributed by atoms with Gasteiger partial charge in [0.25, 0.3) is 0 Å². The van der Waals surface area contributed by atoms with Crippen LogP contribution in [-0.4, -0.2) is 4.57 Å². The molecular formula is C51H38N2. The van der Waals surface area contributed by atoms with Gasteiger partial charge in [-0.3, -0.25) is 0 Å². The molecule has 3 atom stereocenters. The highest BCUT2D eigenvalue weighted by Gasteiger charge is 2.40. The van der Waals surface area contributed by atoms with Gasteiger partial charge in [-0.2, -0.15) is 0 Å². The van der Waals surface area contributed by atoms with Crippen molar-refractivity contribution in [2.75, 3.05) is 4.90 Å². The number of anilines is 2. The lowest BCUT2D eigenvalue weighted by Crippen LogP contribution is -2.33. The second kappa shape index (κ2) is 11.8. The molecular weight excluding hydrogens is 641 g/mol. The van der Waals surface area contributed by atoms with Gasteiger partial charge in [0.05, 0.1) is 11.2 Å². The zero-order chi connectivity index (χ0) is 35.0. The predicted molar refractivity (Wildman–Crippen MR) is 221 cm³/mol. The van der Waals surface area contributed by atoms with Crippen LogP contribution >= 0.6 is 0 Å². The van der Waals surface area contributed by atoms with E-state index in [2.05, 4.69) is 198 Å². The summed E-state index contributed by atoms with van der Waals surface area (Å²) >= 11 is 0. The van der Waals surface area contributed by atoms with E-state index in [4.69, 9.17) is 0 Å². The molecule has 0 fully saturated rings. The van der Waals surface area contributed by atoms with Crippen molar-refractivity contribution < 1.29 is 0 Å². The van der Waals surface area contributed by atoms with E-state index in [1.54, 1.807) is 0 Å². The lowest BCUT2D eigenvalue weighted by Gasteiger charge is -2.34. The van der Waals surface area contributed by atoms with E-state index in [0.717, 1.165) is 6.42 Å². The number of allylic oxidation sites excluding steroid dienone is 5. The van der Waals surface area contributed by atoms with E-state index in [-0.39, 0.29) is 5.92 Å². The van der Waals surface area contributed by atoms with Crippen LogP contribution in [0.25, 0.3) is 45.4 Å². The molecule has 0 spiro atoms. The Balaban J connectivity index is 1.12. The van der Waals surface area contributed by atoms with Crippen molar-refractivity contribution in [2.24, 2.45) is 11.8 Å². The average Bonchev–Trinajstić information content (AvgIpc) is 3.72. The Bertz CT molecular complexity index is 2830. The Morgan fingerprint density at radius 2 is 1.42 bits per heavy atom. The van der Waals surface area contributed by atoms with E-state index in [1.165, 1.54) is 88.8 Å². The number of rotatable bonds is 5.